The molecule has 1 fully saturated rings. The molecule has 1 N–H and O–H groups in total. The van der Waals surface area contributed by atoms with E-state index in [9.17, 15) is 4.79 Å². The number of aryl methyl sites for hydroxylation is 2. The predicted molar refractivity (Wildman–Crippen MR) is 95.2 cm³/mol. The molecule has 0 spiro atoms. The number of carbonyl (C=O) groups is 1. The summed E-state index contributed by atoms with van der Waals surface area (Å²) in [6, 6.07) is 3.90. The van der Waals surface area contributed by atoms with Crippen LogP contribution in [0.5, 0.6) is 0 Å². The number of rotatable bonds is 3. The van der Waals surface area contributed by atoms with Gasteiger partial charge >= 0.3 is 0 Å². The van der Waals surface area contributed by atoms with E-state index in [1.54, 1.807) is 6.20 Å². The molecular formula is C19H23N5O. The van der Waals surface area contributed by atoms with Crippen LogP contribution in [0.1, 0.15) is 47.9 Å². The topological polar surface area (TPSA) is 71.0 Å². The second kappa shape index (κ2) is 6.43. The molecule has 1 aliphatic heterocycles. The fraction of sp³-hybridized carbons (Fsp3) is 0.474. The van der Waals surface area contributed by atoms with Gasteiger partial charge in [-0.2, -0.15) is 0 Å². The number of fused-ring (bicyclic) bond motifs is 1. The van der Waals surface area contributed by atoms with Gasteiger partial charge in [0, 0.05) is 37.1 Å². The van der Waals surface area contributed by atoms with E-state index in [0.717, 1.165) is 35.7 Å². The van der Waals surface area contributed by atoms with Gasteiger partial charge in [0.15, 0.2) is 0 Å². The van der Waals surface area contributed by atoms with Crippen LogP contribution < -0.4 is 5.32 Å². The van der Waals surface area contributed by atoms with Gasteiger partial charge in [-0.15, -0.1) is 0 Å². The van der Waals surface area contributed by atoms with Gasteiger partial charge in [-0.1, -0.05) is 6.07 Å². The molecule has 6 heteroatoms. The minimum atomic E-state index is -0.0317. The van der Waals surface area contributed by atoms with Crippen molar-refractivity contribution >= 4 is 11.7 Å². The number of anilines is 1. The van der Waals surface area contributed by atoms with Crippen LogP contribution in [0.25, 0.3) is 0 Å². The molecule has 2 aliphatic rings. The maximum Gasteiger partial charge on any atom is 0.225 e. The molecule has 6 nitrogen and oxygen atoms in total. The summed E-state index contributed by atoms with van der Waals surface area (Å²) in [5.74, 6) is 1.84. The summed E-state index contributed by atoms with van der Waals surface area (Å²) in [6.07, 6.45) is 8.44. The fourth-order valence-corrected chi connectivity index (χ4v) is 4.02. The van der Waals surface area contributed by atoms with Gasteiger partial charge in [-0.05, 0) is 44.2 Å². The van der Waals surface area contributed by atoms with Gasteiger partial charge in [-0.25, -0.2) is 9.97 Å². The maximum absolute atomic E-state index is 12.3. The van der Waals surface area contributed by atoms with Crippen LogP contribution in [0.15, 0.2) is 24.5 Å². The highest BCUT2D eigenvalue weighted by atomic mass is 16.2. The van der Waals surface area contributed by atoms with Crippen LogP contribution in [0, 0.1) is 6.92 Å². The zero-order valence-corrected chi connectivity index (χ0v) is 14.7. The molecule has 0 radical (unpaired) electrons. The molecule has 2 atom stereocenters. The second-order valence-electron chi connectivity index (χ2n) is 6.94. The third-order valence-corrected chi connectivity index (χ3v) is 5.23. The molecule has 25 heavy (non-hydrogen) atoms. The van der Waals surface area contributed by atoms with Gasteiger partial charge < -0.3 is 10.2 Å². The van der Waals surface area contributed by atoms with E-state index < -0.39 is 0 Å². The zero-order chi connectivity index (χ0) is 17.4. The molecule has 0 unspecified atom stereocenters. The Morgan fingerprint density at radius 1 is 1.24 bits per heavy atom. The first-order valence-electron chi connectivity index (χ1n) is 8.92. The van der Waals surface area contributed by atoms with Crippen molar-refractivity contribution in [1.82, 2.24) is 19.9 Å². The number of nitrogens with one attached hydrogen (secondary N) is 1. The van der Waals surface area contributed by atoms with E-state index in [1.165, 1.54) is 18.4 Å². The number of likely N-dealkylation sites (N-methyl/N-ethyl adjacent to an activating group) is 1. The SMILES string of the molecule is Cc1nc2c(c(N[C@@H]3CC(=O)N(C)[C@H]3c3cccnc3)n1)CCCC2. The summed E-state index contributed by atoms with van der Waals surface area (Å²) in [7, 11) is 1.86. The van der Waals surface area contributed by atoms with Crippen molar-refractivity contribution in [3.05, 3.63) is 47.2 Å². The Morgan fingerprint density at radius 2 is 2.08 bits per heavy atom. The molecule has 3 heterocycles. The minimum Gasteiger partial charge on any atom is -0.364 e. The van der Waals surface area contributed by atoms with Crippen molar-refractivity contribution in [2.24, 2.45) is 0 Å². The smallest absolute Gasteiger partial charge is 0.225 e. The largest absolute Gasteiger partial charge is 0.364 e. The number of hydrogen-bond donors (Lipinski definition) is 1. The van der Waals surface area contributed by atoms with Crippen LogP contribution in [0.4, 0.5) is 5.82 Å². The Labute approximate surface area is 147 Å². The van der Waals surface area contributed by atoms with Gasteiger partial charge in [0.1, 0.15) is 11.6 Å². The number of aromatic nitrogens is 3. The molecule has 1 amide bonds. The number of nitrogens with zero attached hydrogens (tertiary/aromatic N) is 4. The van der Waals surface area contributed by atoms with E-state index in [0.29, 0.717) is 6.42 Å². The normalized spacial score (nSPS) is 22.8. The average molecular weight is 337 g/mol. The van der Waals surface area contributed by atoms with Crippen molar-refractivity contribution in [1.29, 1.82) is 0 Å². The minimum absolute atomic E-state index is 0.0120. The third kappa shape index (κ3) is 2.97. The quantitative estimate of drug-likeness (QED) is 0.931. The van der Waals surface area contributed by atoms with E-state index in [2.05, 4.69) is 20.3 Å². The van der Waals surface area contributed by atoms with Crippen molar-refractivity contribution in [2.75, 3.05) is 12.4 Å². The second-order valence-corrected chi connectivity index (χ2v) is 6.94. The number of amides is 1. The lowest BCUT2D eigenvalue weighted by Gasteiger charge is -2.27. The number of pyridine rings is 1. The molecule has 1 saturated heterocycles. The maximum atomic E-state index is 12.3. The molecule has 4 rings (SSSR count). The van der Waals surface area contributed by atoms with Gasteiger partial charge in [0.2, 0.25) is 5.91 Å². The molecule has 0 aromatic carbocycles. The fourth-order valence-electron chi connectivity index (χ4n) is 4.02. The highest BCUT2D eigenvalue weighted by Gasteiger charge is 2.39. The van der Waals surface area contributed by atoms with Crippen LogP contribution in [0.2, 0.25) is 0 Å². The average Bonchev–Trinajstić information content (AvgIpc) is 2.89. The van der Waals surface area contributed by atoms with Crippen molar-refractivity contribution in [3.8, 4) is 0 Å². The molecular weight excluding hydrogens is 314 g/mol. The first-order valence-corrected chi connectivity index (χ1v) is 8.92. The van der Waals surface area contributed by atoms with Gasteiger partial charge in [0.25, 0.3) is 0 Å². The first kappa shape index (κ1) is 16.0. The number of hydrogen-bond acceptors (Lipinski definition) is 5. The Morgan fingerprint density at radius 3 is 2.88 bits per heavy atom. The lowest BCUT2D eigenvalue weighted by molar-refractivity contribution is -0.127. The van der Waals surface area contributed by atoms with E-state index >= 15 is 0 Å². The summed E-state index contributed by atoms with van der Waals surface area (Å²) < 4.78 is 0. The Hall–Kier alpha value is -2.50. The van der Waals surface area contributed by atoms with Gasteiger partial charge in [-0.3, -0.25) is 9.78 Å². The summed E-state index contributed by atoms with van der Waals surface area (Å²) in [6.45, 7) is 1.94. The van der Waals surface area contributed by atoms with Crippen LogP contribution in [-0.2, 0) is 17.6 Å². The third-order valence-electron chi connectivity index (χ3n) is 5.23. The van der Waals surface area contributed by atoms with E-state index in [1.807, 2.05) is 37.2 Å². The Balaban J connectivity index is 1.68. The molecule has 2 aromatic rings. The first-order chi connectivity index (χ1) is 12.1. The van der Waals surface area contributed by atoms with E-state index in [-0.39, 0.29) is 18.0 Å². The summed E-state index contributed by atoms with van der Waals surface area (Å²) >= 11 is 0. The highest BCUT2D eigenvalue weighted by molar-refractivity contribution is 5.81. The van der Waals surface area contributed by atoms with Crippen molar-refractivity contribution in [2.45, 2.75) is 51.1 Å². The summed E-state index contributed by atoms with van der Waals surface area (Å²) in [4.78, 5) is 27.7. The molecule has 2 aromatic heterocycles. The monoisotopic (exact) mass is 337 g/mol. The predicted octanol–water partition coefficient (Wildman–Crippen LogP) is 2.44. The van der Waals surface area contributed by atoms with Gasteiger partial charge in [0.05, 0.1) is 12.1 Å². The molecule has 0 bridgehead atoms. The Bertz CT molecular complexity index is 792. The lowest BCUT2D eigenvalue weighted by Crippen LogP contribution is -2.31. The number of likely N-dealkylation sites (tertiary alicyclic amines) is 1. The zero-order valence-electron chi connectivity index (χ0n) is 14.7. The van der Waals surface area contributed by atoms with Crippen molar-refractivity contribution in [3.63, 3.8) is 0 Å². The number of carbonyl (C=O) groups excluding carboxylic acids is 1. The Kier molecular flexibility index (Phi) is 4.11. The van der Waals surface area contributed by atoms with Crippen LogP contribution in [-0.4, -0.2) is 38.8 Å². The standard InChI is InChI=1S/C19H23N5O/c1-12-21-15-8-4-3-7-14(15)19(22-12)23-16-10-17(25)24(2)18(16)13-6-5-9-20-11-13/h5-6,9,11,16,18H,3-4,7-8,10H2,1-2H3,(H,21,22,23)/t16-,18+/m1/s1. The summed E-state index contributed by atoms with van der Waals surface area (Å²) in [5, 5.41) is 3.58. The molecule has 1 aliphatic carbocycles. The van der Waals surface area contributed by atoms with Crippen LogP contribution in [0.3, 0.4) is 0 Å². The van der Waals surface area contributed by atoms with Crippen LogP contribution >= 0.6 is 0 Å². The summed E-state index contributed by atoms with van der Waals surface area (Å²) in [5.41, 5.74) is 3.44. The lowest BCUT2D eigenvalue weighted by atomic mass is 9.95. The van der Waals surface area contributed by atoms with E-state index in [4.69, 9.17) is 0 Å². The molecule has 0 saturated carbocycles. The van der Waals surface area contributed by atoms with Crippen molar-refractivity contribution < 1.29 is 4.79 Å². The molecule has 130 valence electrons. The highest BCUT2D eigenvalue weighted by Crippen LogP contribution is 2.35.